The van der Waals surface area contributed by atoms with Gasteiger partial charge in [0.25, 0.3) is 0 Å². The van der Waals surface area contributed by atoms with Gasteiger partial charge in [0, 0.05) is 6.61 Å². The maximum absolute atomic E-state index is 8.75. The molecule has 0 radical (unpaired) electrons. The number of epoxide rings is 1. The summed E-state index contributed by atoms with van der Waals surface area (Å²) in [6.07, 6.45) is 1.15. The molecule has 1 aromatic rings. The Kier molecular flexibility index (Phi) is 3.72. The minimum absolute atomic E-state index is 0.0605. The van der Waals surface area contributed by atoms with Crippen LogP contribution < -0.4 is 0 Å². The van der Waals surface area contributed by atoms with E-state index in [1.54, 1.807) is 0 Å². The van der Waals surface area contributed by atoms with Crippen molar-refractivity contribution in [2.45, 2.75) is 25.2 Å². The molecule has 0 bridgehead atoms. The van der Waals surface area contributed by atoms with Gasteiger partial charge < -0.3 is 14.6 Å². The molecular formula is C12H16O3. The summed E-state index contributed by atoms with van der Waals surface area (Å²) in [5.74, 6) is 0. The average Bonchev–Trinajstić information content (AvgIpc) is 3.05. The van der Waals surface area contributed by atoms with Crippen molar-refractivity contribution in [3.8, 4) is 0 Å². The Morgan fingerprint density at radius 1 is 1.20 bits per heavy atom. The monoisotopic (exact) mass is 208 g/mol. The summed E-state index contributed by atoms with van der Waals surface area (Å²) in [6, 6.07) is 10.1. The van der Waals surface area contributed by atoms with E-state index in [1.807, 2.05) is 30.3 Å². The molecule has 1 aromatic carbocycles. The molecule has 0 aliphatic carbocycles. The molecule has 3 nitrogen and oxygen atoms in total. The van der Waals surface area contributed by atoms with Crippen LogP contribution in [0.3, 0.4) is 0 Å². The number of aliphatic hydroxyl groups is 1. The minimum Gasteiger partial charge on any atom is -0.394 e. The molecule has 0 amide bonds. The molecule has 3 heteroatoms. The fourth-order valence-corrected chi connectivity index (χ4v) is 1.56. The van der Waals surface area contributed by atoms with E-state index >= 15 is 0 Å². The third-order valence-corrected chi connectivity index (χ3v) is 2.53. The van der Waals surface area contributed by atoms with Gasteiger partial charge >= 0.3 is 0 Å². The van der Waals surface area contributed by atoms with E-state index in [1.165, 1.54) is 5.56 Å². The Morgan fingerprint density at radius 2 is 2.00 bits per heavy atom. The summed E-state index contributed by atoms with van der Waals surface area (Å²) in [6.45, 7) is 1.47. The molecule has 0 spiro atoms. The molecule has 0 aromatic heterocycles. The third kappa shape index (κ3) is 3.30. The topological polar surface area (TPSA) is 42.0 Å². The lowest BCUT2D eigenvalue weighted by atomic mass is 10.2. The van der Waals surface area contributed by atoms with Gasteiger partial charge in [0.05, 0.1) is 19.3 Å². The van der Waals surface area contributed by atoms with Crippen molar-refractivity contribution in [3.05, 3.63) is 35.9 Å². The smallest absolute Gasteiger partial charge is 0.107 e. The van der Waals surface area contributed by atoms with Gasteiger partial charge in [-0.1, -0.05) is 30.3 Å². The Bertz CT molecular complexity index is 286. The molecule has 1 saturated heterocycles. The van der Waals surface area contributed by atoms with Gasteiger partial charge in [0.1, 0.15) is 6.10 Å². The van der Waals surface area contributed by atoms with Crippen molar-refractivity contribution in [2.75, 3.05) is 13.2 Å². The van der Waals surface area contributed by atoms with Crippen LogP contribution in [0.2, 0.25) is 0 Å². The predicted octanol–water partition coefficient (Wildman–Crippen LogP) is 1.35. The van der Waals surface area contributed by atoms with Gasteiger partial charge in [-0.05, 0) is 12.0 Å². The molecule has 2 atom stereocenters. The minimum atomic E-state index is 0.0605. The Labute approximate surface area is 89.6 Å². The quantitative estimate of drug-likeness (QED) is 0.567. The number of ether oxygens (including phenoxy) is 2. The molecule has 2 rings (SSSR count). The van der Waals surface area contributed by atoms with Crippen molar-refractivity contribution in [1.29, 1.82) is 0 Å². The largest absolute Gasteiger partial charge is 0.394 e. The molecule has 1 N–H and O–H groups in total. The van der Waals surface area contributed by atoms with Gasteiger partial charge in [-0.15, -0.1) is 0 Å². The summed E-state index contributed by atoms with van der Waals surface area (Å²) >= 11 is 0. The van der Waals surface area contributed by atoms with Crippen molar-refractivity contribution < 1.29 is 14.6 Å². The first kappa shape index (κ1) is 10.6. The standard InChI is InChI=1S/C12H16O3/c13-8-12-11(15-12)6-7-14-9-10-4-2-1-3-5-10/h1-5,11-13H,6-9H2/t11-,12+/m1/s1. The van der Waals surface area contributed by atoms with E-state index < -0.39 is 0 Å². The molecule has 82 valence electrons. The molecule has 1 fully saturated rings. The summed E-state index contributed by atoms with van der Waals surface area (Å²) in [5, 5.41) is 8.75. The second kappa shape index (κ2) is 5.26. The van der Waals surface area contributed by atoms with E-state index in [0.29, 0.717) is 13.2 Å². The van der Waals surface area contributed by atoms with E-state index in [9.17, 15) is 0 Å². The maximum atomic E-state index is 8.75. The zero-order valence-electron chi connectivity index (χ0n) is 8.63. The van der Waals surface area contributed by atoms with Crippen LogP contribution in [0, 0.1) is 0 Å². The second-order valence-corrected chi connectivity index (χ2v) is 3.72. The number of hydrogen-bond donors (Lipinski definition) is 1. The number of rotatable bonds is 6. The van der Waals surface area contributed by atoms with Crippen LogP contribution in [0.5, 0.6) is 0 Å². The fraction of sp³-hybridized carbons (Fsp3) is 0.500. The van der Waals surface area contributed by atoms with Gasteiger partial charge in [0.2, 0.25) is 0 Å². The second-order valence-electron chi connectivity index (χ2n) is 3.72. The van der Waals surface area contributed by atoms with E-state index in [0.717, 1.165) is 6.42 Å². The van der Waals surface area contributed by atoms with Crippen molar-refractivity contribution in [2.24, 2.45) is 0 Å². The average molecular weight is 208 g/mol. The van der Waals surface area contributed by atoms with Gasteiger partial charge in [0.15, 0.2) is 0 Å². The first-order valence-electron chi connectivity index (χ1n) is 5.28. The molecule has 1 heterocycles. The van der Waals surface area contributed by atoms with Gasteiger partial charge in [-0.2, -0.15) is 0 Å². The third-order valence-electron chi connectivity index (χ3n) is 2.53. The molecule has 1 aliphatic rings. The Hall–Kier alpha value is -0.900. The van der Waals surface area contributed by atoms with Crippen LogP contribution in [0.25, 0.3) is 0 Å². The van der Waals surface area contributed by atoms with E-state index in [-0.39, 0.29) is 18.8 Å². The molecule has 15 heavy (non-hydrogen) atoms. The van der Waals surface area contributed by atoms with Crippen LogP contribution in [-0.4, -0.2) is 30.5 Å². The predicted molar refractivity (Wildman–Crippen MR) is 56.5 cm³/mol. The van der Waals surface area contributed by atoms with Crippen LogP contribution in [0.4, 0.5) is 0 Å². The SMILES string of the molecule is OC[C@@H]1O[C@@H]1CCOCc1ccccc1. The van der Waals surface area contributed by atoms with Crippen molar-refractivity contribution >= 4 is 0 Å². The van der Waals surface area contributed by atoms with Crippen LogP contribution >= 0.6 is 0 Å². The zero-order valence-corrected chi connectivity index (χ0v) is 8.63. The first-order chi connectivity index (χ1) is 7.40. The zero-order chi connectivity index (χ0) is 10.5. The highest BCUT2D eigenvalue weighted by molar-refractivity contribution is 5.13. The van der Waals surface area contributed by atoms with E-state index in [2.05, 4.69) is 0 Å². The highest BCUT2D eigenvalue weighted by Gasteiger charge is 2.37. The van der Waals surface area contributed by atoms with Crippen LogP contribution in [0.15, 0.2) is 30.3 Å². The number of benzene rings is 1. The fourth-order valence-electron chi connectivity index (χ4n) is 1.56. The lowest BCUT2D eigenvalue weighted by Crippen LogP contribution is -2.03. The van der Waals surface area contributed by atoms with Crippen LogP contribution in [-0.2, 0) is 16.1 Å². The lowest BCUT2D eigenvalue weighted by Gasteiger charge is -2.02. The summed E-state index contributed by atoms with van der Waals surface area (Å²) < 4.78 is 10.7. The summed E-state index contributed by atoms with van der Waals surface area (Å²) in [5.41, 5.74) is 1.19. The number of aliphatic hydroxyl groups excluding tert-OH is 1. The lowest BCUT2D eigenvalue weighted by molar-refractivity contribution is 0.113. The molecular weight excluding hydrogens is 192 g/mol. The highest BCUT2D eigenvalue weighted by atomic mass is 16.6. The molecule has 1 aliphatic heterocycles. The highest BCUT2D eigenvalue weighted by Crippen LogP contribution is 2.24. The first-order valence-corrected chi connectivity index (χ1v) is 5.28. The summed E-state index contributed by atoms with van der Waals surface area (Å²) in [7, 11) is 0. The number of hydrogen-bond acceptors (Lipinski definition) is 3. The Morgan fingerprint density at radius 3 is 2.67 bits per heavy atom. The van der Waals surface area contributed by atoms with Crippen LogP contribution in [0.1, 0.15) is 12.0 Å². The molecule has 0 saturated carbocycles. The summed E-state index contributed by atoms with van der Waals surface area (Å²) in [4.78, 5) is 0. The maximum Gasteiger partial charge on any atom is 0.107 e. The van der Waals surface area contributed by atoms with E-state index in [4.69, 9.17) is 14.6 Å². The normalized spacial score (nSPS) is 24.1. The Balaban J connectivity index is 1.56. The molecule has 0 unspecified atom stereocenters. The van der Waals surface area contributed by atoms with Gasteiger partial charge in [-0.25, -0.2) is 0 Å². The van der Waals surface area contributed by atoms with Gasteiger partial charge in [-0.3, -0.25) is 0 Å². The van der Waals surface area contributed by atoms with Crippen molar-refractivity contribution in [1.82, 2.24) is 0 Å². The van der Waals surface area contributed by atoms with Crippen molar-refractivity contribution in [3.63, 3.8) is 0 Å².